The summed E-state index contributed by atoms with van der Waals surface area (Å²) in [6.45, 7) is 2.49. The van der Waals surface area contributed by atoms with Gasteiger partial charge in [-0.3, -0.25) is 14.8 Å². The maximum atomic E-state index is 11.7. The van der Waals surface area contributed by atoms with Crippen molar-refractivity contribution in [2.24, 2.45) is 0 Å². The maximum Gasteiger partial charge on any atom is 0.220 e. The minimum atomic E-state index is 0.0540. The monoisotopic (exact) mass is 255 g/mol. The lowest BCUT2D eigenvalue weighted by atomic mass is 10.1. The molecule has 2 rings (SSSR count). The van der Waals surface area contributed by atoms with Crippen LogP contribution < -0.4 is 5.32 Å². The third-order valence-corrected chi connectivity index (χ3v) is 2.81. The van der Waals surface area contributed by atoms with E-state index in [0.717, 1.165) is 23.2 Å². The first-order chi connectivity index (χ1) is 9.24. The van der Waals surface area contributed by atoms with E-state index in [2.05, 4.69) is 15.3 Å². The van der Waals surface area contributed by atoms with Gasteiger partial charge in [0.05, 0.1) is 0 Å². The first-order valence-corrected chi connectivity index (χ1v) is 6.31. The molecule has 0 unspecified atom stereocenters. The molecule has 19 heavy (non-hydrogen) atoms. The number of carbonyl (C=O) groups excluding carboxylic acids is 1. The Balaban J connectivity index is 1.76. The Kier molecular flexibility index (Phi) is 4.61. The number of rotatable bonds is 5. The zero-order chi connectivity index (χ0) is 13.5. The summed E-state index contributed by atoms with van der Waals surface area (Å²) in [5.41, 5.74) is 3.11. The first-order valence-electron chi connectivity index (χ1n) is 6.31. The molecule has 0 saturated heterocycles. The van der Waals surface area contributed by atoms with Crippen LogP contribution in [-0.2, 0) is 17.8 Å². The van der Waals surface area contributed by atoms with E-state index in [9.17, 15) is 4.79 Å². The number of carbonyl (C=O) groups is 1. The molecule has 4 nitrogen and oxygen atoms in total. The number of aryl methyl sites for hydroxylation is 2. The lowest BCUT2D eigenvalue weighted by Gasteiger charge is -2.05. The van der Waals surface area contributed by atoms with Crippen LogP contribution in [0.5, 0.6) is 0 Å². The van der Waals surface area contributed by atoms with Gasteiger partial charge in [-0.2, -0.15) is 0 Å². The molecule has 0 bridgehead atoms. The van der Waals surface area contributed by atoms with E-state index in [1.165, 1.54) is 0 Å². The summed E-state index contributed by atoms with van der Waals surface area (Å²) in [5.74, 6) is 0.0540. The topological polar surface area (TPSA) is 54.9 Å². The summed E-state index contributed by atoms with van der Waals surface area (Å²) in [4.78, 5) is 19.9. The van der Waals surface area contributed by atoms with Gasteiger partial charge in [0.2, 0.25) is 5.91 Å². The lowest BCUT2D eigenvalue weighted by molar-refractivity contribution is -0.121. The van der Waals surface area contributed by atoms with Crippen molar-refractivity contribution in [1.29, 1.82) is 0 Å². The van der Waals surface area contributed by atoms with Crippen molar-refractivity contribution in [3.05, 3.63) is 59.7 Å². The van der Waals surface area contributed by atoms with Gasteiger partial charge in [0, 0.05) is 37.3 Å². The number of pyridine rings is 2. The fourth-order valence-corrected chi connectivity index (χ4v) is 1.81. The van der Waals surface area contributed by atoms with Crippen molar-refractivity contribution < 1.29 is 4.79 Å². The Bertz CT molecular complexity index is 540. The second kappa shape index (κ2) is 6.64. The largest absolute Gasteiger partial charge is 0.352 e. The summed E-state index contributed by atoms with van der Waals surface area (Å²) < 4.78 is 0. The Morgan fingerprint density at radius 2 is 2.16 bits per heavy atom. The molecular weight excluding hydrogens is 238 g/mol. The molecule has 0 radical (unpaired) electrons. The van der Waals surface area contributed by atoms with Crippen molar-refractivity contribution in [2.45, 2.75) is 26.3 Å². The van der Waals surface area contributed by atoms with Crippen LogP contribution in [0.2, 0.25) is 0 Å². The smallest absolute Gasteiger partial charge is 0.220 e. The molecule has 0 saturated carbocycles. The third-order valence-electron chi connectivity index (χ3n) is 2.81. The number of nitrogens with one attached hydrogen (secondary N) is 1. The molecule has 0 aliphatic heterocycles. The molecule has 2 heterocycles. The molecule has 0 aromatic carbocycles. The SMILES string of the molecule is Cc1cc(CNC(=O)CCc2cccnc2)ccn1. The standard InChI is InChI=1S/C15H17N3O/c1-12-9-14(6-8-17-12)11-18-15(19)5-4-13-3-2-7-16-10-13/h2-3,6-10H,4-5,11H2,1H3,(H,18,19). The van der Waals surface area contributed by atoms with Gasteiger partial charge in [-0.15, -0.1) is 0 Å². The van der Waals surface area contributed by atoms with E-state index in [-0.39, 0.29) is 5.91 Å². The Morgan fingerprint density at radius 1 is 1.26 bits per heavy atom. The van der Waals surface area contributed by atoms with E-state index < -0.39 is 0 Å². The molecule has 0 atom stereocenters. The van der Waals surface area contributed by atoms with Gasteiger partial charge in [0.15, 0.2) is 0 Å². The van der Waals surface area contributed by atoms with Crippen LogP contribution in [0.25, 0.3) is 0 Å². The van der Waals surface area contributed by atoms with E-state index in [0.29, 0.717) is 13.0 Å². The molecule has 0 fully saturated rings. The predicted molar refractivity (Wildman–Crippen MR) is 73.4 cm³/mol. The fourth-order valence-electron chi connectivity index (χ4n) is 1.81. The molecule has 0 aliphatic rings. The Morgan fingerprint density at radius 3 is 2.89 bits per heavy atom. The van der Waals surface area contributed by atoms with Crippen molar-refractivity contribution in [1.82, 2.24) is 15.3 Å². The third kappa shape index (κ3) is 4.50. The minimum absolute atomic E-state index is 0.0540. The van der Waals surface area contributed by atoms with E-state index >= 15 is 0 Å². The van der Waals surface area contributed by atoms with Gasteiger partial charge in [0.25, 0.3) is 0 Å². The van der Waals surface area contributed by atoms with Crippen LogP contribution in [0.4, 0.5) is 0 Å². The lowest BCUT2D eigenvalue weighted by Crippen LogP contribution is -2.23. The van der Waals surface area contributed by atoms with Gasteiger partial charge in [-0.25, -0.2) is 0 Å². The second-order valence-corrected chi connectivity index (χ2v) is 4.44. The molecule has 2 aromatic heterocycles. The van der Waals surface area contributed by atoms with Crippen LogP contribution in [0.1, 0.15) is 23.2 Å². The number of hydrogen-bond donors (Lipinski definition) is 1. The zero-order valence-corrected chi connectivity index (χ0v) is 11.0. The van der Waals surface area contributed by atoms with Gasteiger partial charge < -0.3 is 5.32 Å². The van der Waals surface area contributed by atoms with Crippen LogP contribution in [0.3, 0.4) is 0 Å². The normalized spacial score (nSPS) is 10.2. The second-order valence-electron chi connectivity index (χ2n) is 4.44. The van der Waals surface area contributed by atoms with Gasteiger partial charge >= 0.3 is 0 Å². The van der Waals surface area contributed by atoms with Gasteiger partial charge in [-0.1, -0.05) is 6.07 Å². The molecule has 98 valence electrons. The summed E-state index contributed by atoms with van der Waals surface area (Å²) in [7, 11) is 0. The average molecular weight is 255 g/mol. The highest BCUT2D eigenvalue weighted by molar-refractivity contribution is 5.76. The van der Waals surface area contributed by atoms with Crippen molar-refractivity contribution in [2.75, 3.05) is 0 Å². The molecule has 4 heteroatoms. The molecular formula is C15H17N3O. The summed E-state index contributed by atoms with van der Waals surface area (Å²) in [6, 6.07) is 7.75. The molecule has 1 amide bonds. The predicted octanol–water partition coefficient (Wildman–Crippen LogP) is 2.03. The fraction of sp³-hybridized carbons (Fsp3) is 0.267. The van der Waals surface area contributed by atoms with E-state index in [1.807, 2.05) is 31.2 Å². The van der Waals surface area contributed by atoms with Crippen LogP contribution in [0, 0.1) is 6.92 Å². The van der Waals surface area contributed by atoms with Gasteiger partial charge in [-0.05, 0) is 42.7 Å². The zero-order valence-electron chi connectivity index (χ0n) is 11.0. The number of aromatic nitrogens is 2. The van der Waals surface area contributed by atoms with Crippen LogP contribution in [-0.4, -0.2) is 15.9 Å². The van der Waals surface area contributed by atoms with Crippen molar-refractivity contribution >= 4 is 5.91 Å². The highest BCUT2D eigenvalue weighted by Gasteiger charge is 2.02. The number of nitrogens with zero attached hydrogens (tertiary/aromatic N) is 2. The summed E-state index contributed by atoms with van der Waals surface area (Å²) in [5, 5.41) is 2.91. The van der Waals surface area contributed by atoms with Crippen molar-refractivity contribution in [3.8, 4) is 0 Å². The van der Waals surface area contributed by atoms with E-state index in [1.54, 1.807) is 18.6 Å². The van der Waals surface area contributed by atoms with Gasteiger partial charge in [0.1, 0.15) is 0 Å². The molecule has 1 N–H and O–H groups in total. The molecule has 0 spiro atoms. The van der Waals surface area contributed by atoms with Crippen LogP contribution >= 0.6 is 0 Å². The highest BCUT2D eigenvalue weighted by atomic mass is 16.1. The van der Waals surface area contributed by atoms with Crippen molar-refractivity contribution in [3.63, 3.8) is 0 Å². The first kappa shape index (κ1) is 13.2. The highest BCUT2D eigenvalue weighted by Crippen LogP contribution is 2.02. The summed E-state index contributed by atoms with van der Waals surface area (Å²) in [6.07, 6.45) is 6.48. The molecule has 0 aliphatic carbocycles. The number of amides is 1. The Hall–Kier alpha value is -2.23. The van der Waals surface area contributed by atoms with Crippen LogP contribution in [0.15, 0.2) is 42.9 Å². The van der Waals surface area contributed by atoms with E-state index in [4.69, 9.17) is 0 Å². The number of hydrogen-bond acceptors (Lipinski definition) is 3. The summed E-state index contributed by atoms with van der Waals surface area (Å²) >= 11 is 0. The minimum Gasteiger partial charge on any atom is -0.352 e. The quantitative estimate of drug-likeness (QED) is 0.889. The Labute approximate surface area is 112 Å². The molecule has 2 aromatic rings. The maximum absolute atomic E-state index is 11.7. The average Bonchev–Trinajstić information content (AvgIpc) is 2.44.